The number of benzene rings is 2. The summed E-state index contributed by atoms with van der Waals surface area (Å²) in [5.41, 5.74) is 2.41. The van der Waals surface area contributed by atoms with E-state index in [0.717, 1.165) is 69.5 Å². The largest absolute Gasteiger partial charge is 0.487 e. The van der Waals surface area contributed by atoms with Gasteiger partial charge in [-0.25, -0.2) is 13.1 Å². The third kappa shape index (κ3) is 7.99. The van der Waals surface area contributed by atoms with Gasteiger partial charge < -0.3 is 19.5 Å². The highest BCUT2D eigenvalue weighted by Crippen LogP contribution is 2.46. The first-order valence-corrected chi connectivity index (χ1v) is 19.8. The Labute approximate surface area is 291 Å². The Balaban J connectivity index is 1.37. The predicted molar refractivity (Wildman–Crippen MR) is 189 cm³/mol. The predicted octanol–water partition coefficient (Wildman–Crippen LogP) is 5.81. The number of fused-ring (bicyclic) bond motifs is 3. The molecular formula is C37H52ClN3O6S. The minimum absolute atomic E-state index is 0.112. The van der Waals surface area contributed by atoms with Crippen molar-refractivity contribution in [1.29, 1.82) is 0 Å². The van der Waals surface area contributed by atoms with E-state index in [-0.39, 0.29) is 29.4 Å². The fraction of sp³-hybridized carbons (Fsp3) is 0.649. The zero-order valence-electron chi connectivity index (χ0n) is 28.6. The van der Waals surface area contributed by atoms with Crippen LogP contribution in [-0.2, 0) is 27.8 Å². The summed E-state index contributed by atoms with van der Waals surface area (Å²) in [6, 6.07) is 11.2. The first-order chi connectivity index (χ1) is 22.9. The number of nitrogens with one attached hydrogen (secondary N) is 1. The monoisotopic (exact) mass is 701 g/mol. The number of rotatable bonds is 2. The Kier molecular flexibility index (Phi) is 11.0. The van der Waals surface area contributed by atoms with Crippen LogP contribution in [0, 0.1) is 17.8 Å². The molecule has 3 aliphatic heterocycles. The van der Waals surface area contributed by atoms with Crippen LogP contribution in [0.2, 0.25) is 5.02 Å². The highest BCUT2D eigenvalue weighted by atomic mass is 35.5. The molecule has 3 heterocycles. The lowest BCUT2D eigenvalue weighted by molar-refractivity contribution is -0.121. The fourth-order valence-corrected chi connectivity index (χ4v) is 9.72. The molecule has 264 valence electrons. The summed E-state index contributed by atoms with van der Waals surface area (Å²) in [5, 5.41) is 12.5. The van der Waals surface area contributed by atoms with Crippen molar-refractivity contribution in [3.8, 4) is 5.75 Å². The van der Waals surface area contributed by atoms with Gasteiger partial charge in [-0.05, 0) is 118 Å². The molecule has 11 heteroatoms. The topological polar surface area (TPSA) is 108 Å². The smallest absolute Gasteiger partial charge is 0.264 e. The Hall–Kier alpha value is -2.37. The summed E-state index contributed by atoms with van der Waals surface area (Å²) in [6.07, 6.45) is 6.82. The molecule has 2 N–H and O–H groups in total. The molecular weight excluding hydrogens is 650 g/mol. The van der Waals surface area contributed by atoms with Gasteiger partial charge in [0.2, 0.25) is 10.0 Å². The van der Waals surface area contributed by atoms with E-state index >= 15 is 0 Å². The van der Waals surface area contributed by atoms with Gasteiger partial charge in [0.1, 0.15) is 12.4 Å². The van der Waals surface area contributed by atoms with E-state index in [1.165, 1.54) is 5.56 Å². The van der Waals surface area contributed by atoms with Crippen LogP contribution in [0.15, 0.2) is 36.4 Å². The number of ether oxygens (including phenoxy) is 2. The average Bonchev–Trinajstić information content (AvgIpc) is 3.05. The molecule has 1 aliphatic carbocycles. The van der Waals surface area contributed by atoms with Gasteiger partial charge in [-0.3, -0.25) is 9.69 Å². The first-order valence-electron chi connectivity index (χ1n) is 17.8. The molecule has 0 aromatic heterocycles. The summed E-state index contributed by atoms with van der Waals surface area (Å²) in [6.45, 7) is 10.3. The molecule has 1 amide bonds. The Morgan fingerprint density at radius 3 is 2.60 bits per heavy atom. The van der Waals surface area contributed by atoms with Gasteiger partial charge in [0.05, 0.1) is 29.2 Å². The van der Waals surface area contributed by atoms with Crippen molar-refractivity contribution in [2.75, 3.05) is 44.2 Å². The molecule has 2 fully saturated rings. The molecule has 0 spiro atoms. The van der Waals surface area contributed by atoms with Gasteiger partial charge in [0.15, 0.2) is 0 Å². The summed E-state index contributed by atoms with van der Waals surface area (Å²) >= 11 is 6.37. The quantitative estimate of drug-likeness (QED) is 0.404. The second kappa shape index (κ2) is 14.9. The number of hydrogen-bond acceptors (Lipinski definition) is 8. The van der Waals surface area contributed by atoms with Crippen LogP contribution in [0.3, 0.4) is 0 Å². The highest BCUT2D eigenvalue weighted by molar-refractivity contribution is 7.90. The van der Waals surface area contributed by atoms with Gasteiger partial charge in [-0.2, -0.15) is 0 Å². The number of halogens is 1. The zero-order valence-corrected chi connectivity index (χ0v) is 30.2. The van der Waals surface area contributed by atoms with E-state index in [9.17, 15) is 18.3 Å². The van der Waals surface area contributed by atoms with Crippen LogP contribution in [-0.4, -0.2) is 80.6 Å². The molecule has 9 nitrogen and oxygen atoms in total. The highest BCUT2D eigenvalue weighted by Gasteiger charge is 2.48. The molecule has 6 atom stereocenters. The normalized spacial score (nSPS) is 32.0. The molecule has 1 saturated heterocycles. The number of nitrogens with zero attached hydrogens (tertiary/aromatic N) is 2. The molecule has 4 aliphatic rings. The van der Waals surface area contributed by atoms with Crippen molar-refractivity contribution in [2.24, 2.45) is 17.8 Å². The first kappa shape index (κ1) is 35.5. The maximum absolute atomic E-state index is 13.5. The number of sulfonamides is 1. The molecule has 2 aromatic carbocycles. The van der Waals surface area contributed by atoms with E-state index in [1.54, 1.807) is 25.1 Å². The van der Waals surface area contributed by atoms with Crippen LogP contribution in [0.5, 0.6) is 5.75 Å². The molecule has 6 rings (SSSR count). The summed E-state index contributed by atoms with van der Waals surface area (Å²) in [7, 11) is -3.94. The Bertz CT molecular complexity index is 1570. The molecule has 1 saturated carbocycles. The summed E-state index contributed by atoms with van der Waals surface area (Å²) < 4.78 is 41.6. The molecule has 1 unspecified atom stereocenters. The van der Waals surface area contributed by atoms with Crippen LogP contribution in [0.4, 0.5) is 5.69 Å². The van der Waals surface area contributed by atoms with Gasteiger partial charge in [-0.15, -0.1) is 0 Å². The second-order valence-electron chi connectivity index (χ2n) is 14.8. The van der Waals surface area contributed by atoms with Crippen LogP contribution < -0.4 is 14.4 Å². The average molecular weight is 702 g/mol. The Morgan fingerprint density at radius 1 is 1.00 bits per heavy atom. The Morgan fingerprint density at radius 2 is 1.83 bits per heavy atom. The fourth-order valence-electron chi connectivity index (χ4n) is 8.21. The van der Waals surface area contributed by atoms with E-state index < -0.39 is 26.8 Å². The zero-order chi connectivity index (χ0) is 34.1. The third-order valence-corrected chi connectivity index (χ3v) is 13.6. The molecule has 48 heavy (non-hydrogen) atoms. The van der Waals surface area contributed by atoms with Gasteiger partial charge in [-0.1, -0.05) is 31.0 Å². The second-order valence-corrected chi connectivity index (χ2v) is 17.3. The number of aliphatic hydroxyl groups is 1. The lowest BCUT2D eigenvalue weighted by Gasteiger charge is -2.51. The van der Waals surface area contributed by atoms with E-state index in [2.05, 4.69) is 21.4 Å². The lowest BCUT2D eigenvalue weighted by Crippen LogP contribution is -2.58. The molecule has 0 radical (unpaired) electrons. The number of anilines is 1. The third-order valence-electron chi connectivity index (χ3n) is 11.4. The molecule has 2 bridgehead atoms. The van der Waals surface area contributed by atoms with Crippen molar-refractivity contribution in [3.05, 3.63) is 58.1 Å². The van der Waals surface area contributed by atoms with Crippen molar-refractivity contribution in [2.45, 2.75) is 95.7 Å². The lowest BCUT2D eigenvalue weighted by atomic mass is 9.62. The van der Waals surface area contributed by atoms with E-state index in [0.29, 0.717) is 49.8 Å². The number of morpholine rings is 1. The van der Waals surface area contributed by atoms with Crippen molar-refractivity contribution in [3.63, 3.8) is 0 Å². The SMILES string of the molecule is C[C@@H]1[C@@H](C)CCC[C@](O)(CN2CCO[C@@H](C)C2)C2CC[C@H]2CN2CCCCc3cc(Cl)ccc3COc3ccc(cc32)C(=O)NS1(=O)=O. The number of β-amino-alcohol motifs (C(OH)–C–C–N with tert-alkyl or cyclic N) is 1. The van der Waals surface area contributed by atoms with Crippen molar-refractivity contribution >= 4 is 33.2 Å². The minimum atomic E-state index is -3.94. The van der Waals surface area contributed by atoms with Crippen LogP contribution in [0.1, 0.15) is 87.2 Å². The van der Waals surface area contributed by atoms with Gasteiger partial charge >= 0.3 is 0 Å². The molecule has 2 aromatic rings. The maximum atomic E-state index is 13.5. The van der Waals surface area contributed by atoms with Crippen LogP contribution >= 0.6 is 11.6 Å². The van der Waals surface area contributed by atoms with E-state index in [1.807, 2.05) is 25.1 Å². The minimum Gasteiger partial charge on any atom is -0.487 e. The summed E-state index contributed by atoms with van der Waals surface area (Å²) in [4.78, 5) is 18.2. The van der Waals surface area contributed by atoms with E-state index in [4.69, 9.17) is 21.1 Å². The van der Waals surface area contributed by atoms with Crippen molar-refractivity contribution < 1.29 is 27.8 Å². The number of amides is 1. The number of hydrogen-bond donors (Lipinski definition) is 2. The maximum Gasteiger partial charge on any atom is 0.264 e. The number of carbonyl (C=O) groups is 1. The summed E-state index contributed by atoms with van der Waals surface area (Å²) in [5.74, 6) is 0.203. The number of carbonyl (C=O) groups excluding carboxylic acids is 1. The number of aryl methyl sites for hydroxylation is 1. The van der Waals surface area contributed by atoms with Crippen molar-refractivity contribution in [1.82, 2.24) is 9.62 Å². The van der Waals surface area contributed by atoms with Gasteiger partial charge in [0.25, 0.3) is 5.91 Å². The standard InChI is InChI=1S/C37H52ClN3O6S/c1-25-7-6-15-37(43,24-40-17-18-46-26(2)21-40)33-13-10-30(33)22-41-16-5-4-8-28-19-32(38)12-9-31(28)23-47-35-14-11-29(20-34(35)41)36(42)39-48(44,45)27(25)3/h9,11-12,14,19-20,25-27,30,33,43H,4-8,10,13,15-18,21-24H2,1-3H3,(H,39,42)/t25-,26-,27+,30-,33?,37-/m0/s1. The van der Waals surface area contributed by atoms with Crippen LogP contribution in [0.25, 0.3) is 0 Å². The van der Waals surface area contributed by atoms with Gasteiger partial charge in [0, 0.05) is 43.3 Å².